The van der Waals surface area contributed by atoms with Crippen molar-refractivity contribution in [2.24, 2.45) is 0 Å². The number of ether oxygens (including phenoxy) is 1. The van der Waals surface area contributed by atoms with Crippen LogP contribution in [0.4, 0.5) is 13.2 Å². The first kappa shape index (κ1) is 23.9. The van der Waals surface area contributed by atoms with E-state index in [9.17, 15) is 27.9 Å². The van der Waals surface area contributed by atoms with Crippen molar-refractivity contribution in [2.75, 3.05) is 0 Å². The molecule has 0 aliphatic rings. The molecule has 2 amide bonds. The Balaban J connectivity index is 0.00000420. The number of rotatable bonds is 6. The molecular formula is C19H21F3N2O5. The highest BCUT2D eigenvalue weighted by Crippen LogP contribution is 2.33. The lowest BCUT2D eigenvalue weighted by Gasteiger charge is -2.19. The van der Waals surface area contributed by atoms with Crippen LogP contribution in [0.3, 0.4) is 0 Å². The Bertz CT molecular complexity index is 838. The van der Waals surface area contributed by atoms with Crippen LogP contribution in [-0.4, -0.2) is 40.6 Å². The molecule has 0 bridgehead atoms. The summed E-state index contributed by atoms with van der Waals surface area (Å²) in [6.07, 6.45) is -6.12. The lowest BCUT2D eigenvalue weighted by Crippen LogP contribution is -2.51. The number of aliphatic hydroxyl groups excluding tert-OH is 1. The Morgan fingerprint density at radius 3 is 2.17 bits per heavy atom. The highest BCUT2D eigenvalue weighted by Gasteiger charge is 2.32. The van der Waals surface area contributed by atoms with Crippen LogP contribution in [0.25, 0.3) is 11.1 Å². The van der Waals surface area contributed by atoms with Crippen LogP contribution in [0.2, 0.25) is 0 Å². The summed E-state index contributed by atoms with van der Waals surface area (Å²) in [5.41, 5.74) is 1.98. The van der Waals surface area contributed by atoms with Gasteiger partial charge in [0.15, 0.2) is 0 Å². The van der Waals surface area contributed by atoms with Gasteiger partial charge in [0.05, 0.1) is 6.10 Å². The number of para-hydroxylation sites is 1. The molecule has 29 heavy (non-hydrogen) atoms. The van der Waals surface area contributed by atoms with Crippen LogP contribution in [-0.2, 0) is 4.79 Å². The van der Waals surface area contributed by atoms with Crippen LogP contribution < -0.4 is 15.5 Å². The molecule has 7 nitrogen and oxygen atoms in total. The third-order valence-corrected chi connectivity index (χ3v) is 3.73. The second kappa shape index (κ2) is 9.89. The largest absolute Gasteiger partial charge is 0.573 e. The van der Waals surface area contributed by atoms with Gasteiger partial charge < -0.3 is 15.2 Å². The first-order valence-corrected chi connectivity index (χ1v) is 8.00. The van der Waals surface area contributed by atoms with E-state index in [1.165, 1.54) is 54.9 Å². The Morgan fingerprint density at radius 1 is 1.07 bits per heavy atom. The van der Waals surface area contributed by atoms with Gasteiger partial charge in [-0.25, -0.2) is 5.48 Å². The molecule has 2 atom stereocenters. The summed E-state index contributed by atoms with van der Waals surface area (Å²) in [6, 6.07) is 9.66. The molecule has 2 aromatic carbocycles. The van der Waals surface area contributed by atoms with Gasteiger partial charge in [0.2, 0.25) is 0 Å². The fourth-order valence-corrected chi connectivity index (χ4v) is 2.42. The van der Waals surface area contributed by atoms with Gasteiger partial charge in [-0.1, -0.05) is 37.8 Å². The number of alkyl halides is 3. The van der Waals surface area contributed by atoms with E-state index in [0.717, 1.165) is 0 Å². The van der Waals surface area contributed by atoms with Gasteiger partial charge in [-0.15, -0.1) is 13.2 Å². The molecule has 0 spiro atoms. The molecular weight excluding hydrogens is 393 g/mol. The normalized spacial score (nSPS) is 12.9. The topological polar surface area (TPSA) is 108 Å². The number of carbonyl (C=O) groups is 2. The molecule has 0 fully saturated rings. The van der Waals surface area contributed by atoms with Crippen molar-refractivity contribution < 1.29 is 37.8 Å². The summed E-state index contributed by atoms with van der Waals surface area (Å²) in [5.74, 6) is -2.11. The van der Waals surface area contributed by atoms with E-state index >= 15 is 0 Å². The third kappa shape index (κ3) is 6.47. The van der Waals surface area contributed by atoms with Crippen molar-refractivity contribution in [1.82, 2.24) is 10.8 Å². The quantitative estimate of drug-likeness (QED) is 0.430. The van der Waals surface area contributed by atoms with Crippen molar-refractivity contribution in [3.05, 3.63) is 54.1 Å². The summed E-state index contributed by atoms with van der Waals surface area (Å²) in [4.78, 5) is 23.7. The van der Waals surface area contributed by atoms with Crippen molar-refractivity contribution in [1.29, 1.82) is 0 Å². The van der Waals surface area contributed by atoms with E-state index in [4.69, 9.17) is 5.21 Å². The van der Waals surface area contributed by atoms with Gasteiger partial charge in [-0.3, -0.25) is 14.8 Å². The van der Waals surface area contributed by atoms with E-state index in [0.29, 0.717) is 5.56 Å². The number of hydroxylamine groups is 1. The molecule has 10 heteroatoms. The first-order valence-electron chi connectivity index (χ1n) is 8.00. The molecule has 0 saturated carbocycles. The molecule has 4 N–H and O–H groups in total. The first-order chi connectivity index (χ1) is 13.1. The number of nitrogens with one attached hydrogen (secondary N) is 2. The predicted molar refractivity (Wildman–Crippen MR) is 98.2 cm³/mol. The van der Waals surface area contributed by atoms with Crippen molar-refractivity contribution in [3.8, 4) is 16.9 Å². The molecule has 0 radical (unpaired) electrons. The average Bonchev–Trinajstić information content (AvgIpc) is 2.64. The monoisotopic (exact) mass is 414 g/mol. The van der Waals surface area contributed by atoms with Crippen LogP contribution in [0.5, 0.6) is 5.75 Å². The highest BCUT2D eigenvalue weighted by atomic mass is 19.4. The minimum atomic E-state index is -4.85. The molecule has 0 aliphatic carbocycles. The standard InChI is InChI=1S/C18H17F3N2O5.CH4/c1-10(24)15(17(26)23-27)22-16(25)12-8-6-11(7-9-12)13-4-2-3-5-14(13)28-18(19,20)21;/h2-10,15,24,27H,1H3,(H,22,25)(H,23,26);1H4/t10-,15+;/m1./s1. The summed E-state index contributed by atoms with van der Waals surface area (Å²) < 4.78 is 41.6. The van der Waals surface area contributed by atoms with E-state index in [1.807, 2.05) is 0 Å². The minimum absolute atomic E-state index is 0. The van der Waals surface area contributed by atoms with Crippen LogP contribution in [0.15, 0.2) is 48.5 Å². The van der Waals surface area contributed by atoms with Gasteiger partial charge in [-0.2, -0.15) is 0 Å². The summed E-state index contributed by atoms with van der Waals surface area (Å²) in [7, 11) is 0. The molecule has 0 heterocycles. The SMILES string of the molecule is C.C[C@@H](O)[C@H](NC(=O)c1ccc(-c2ccccc2OC(F)(F)F)cc1)C(=O)NO. The lowest BCUT2D eigenvalue weighted by molar-refractivity contribution is -0.274. The summed E-state index contributed by atoms with van der Waals surface area (Å²) in [5, 5.41) is 20.4. The fraction of sp³-hybridized carbons (Fsp3) is 0.263. The smallest absolute Gasteiger partial charge is 0.405 e. The number of hydrogen-bond acceptors (Lipinski definition) is 5. The van der Waals surface area contributed by atoms with E-state index < -0.39 is 30.3 Å². The molecule has 0 aromatic heterocycles. The van der Waals surface area contributed by atoms with E-state index in [-0.39, 0.29) is 24.3 Å². The molecule has 2 rings (SSSR count). The zero-order valence-electron chi connectivity index (χ0n) is 14.5. The van der Waals surface area contributed by atoms with Crippen molar-refractivity contribution >= 4 is 11.8 Å². The van der Waals surface area contributed by atoms with Crippen LogP contribution in [0.1, 0.15) is 24.7 Å². The molecule has 2 aromatic rings. The van der Waals surface area contributed by atoms with Gasteiger partial charge >= 0.3 is 6.36 Å². The molecule has 0 aliphatic heterocycles. The molecule has 0 saturated heterocycles. The van der Waals surface area contributed by atoms with Gasteiger partial charge in [0.25, 0.3) is 11.8 Å². The average molecular weight is 414 g/mol. The van der Waals surface area contributed by atoms with Gasteiger partial charge in [0.1, 0.15) is 11.8 Å². The number of halogens is 3. The van der Waals surface area contributed by atoms with E-state index in [1.54, 1.807) is 6.07 Å². The number of aliphatic hydroxyl groups is 1. The Morgan fingerprint density at radius 2 is 1.66 bits per heavy atom. The Hall–Kier alpha value is -3.11. The van der Waals surface area contributed by atoms with Gasteiger partial charge in [0, 0.05) is 11.1 Å². The summed E-state index contributed by atoms with van der Waals surface area (Å²) >= 11 is 0. The van der Waals surface area contributed by atoms with Crippen molar-refractivity contribution in [2.45, 2.75) is 32.9 Å². The second-order valence-electron chi connectivity index (χ2n) is 5.79. The second-order valence-corrected chi connectivity index (χ2v) is 5.79. The fourth-order valence-electron chi connectivity index (χ4n) is 2.42. The summed E-state index contributed by atoms with van der Waals surface area (Å²) in [6.45, 7) is 1.25. The van der Waals surface area contributed by atoms with Crippen LogP contribution in [0, 0.1) is 0 Å². The van der Waals surface area contributed by atoms with E-state index in [2.05, 4.69) is 10.1 Å². The lowest BCUT2D eigenvalue weighted by atomic mass is 10.0. The highest BCUT2D eigenvalue weighted by molar-refractivity contribution is 5.98. The predicted octanol–water partition coefficient (Wildman–Crippen LogP) is 2.87. The molecule has 0 unspecified atom stereocenters. The van der Waals surface area contributed by atoms with Crippen LogP contribution >= 0.6 is 0 Å². The van der Waals surface area contributed by atoms with Gasteiger partial charge in [-0.05, 0) is 30.7 Å². The minimum Gasteiger partial charge on any atom is -0.405 e. The zero-order chi connectivity index (χ0) is 20.9. The third-order valence-electron chi connectivity index (χ3n) is 3.73. The Kier molecular flexibility index (Phi) is 8.16. The number of carbonyl (C=O) groups excluding carboxylic acids is 2. The number of hydrogen-bond donors (Lipinski definition) is 4. The zero-order valence-corrected chi connectivity index (χ0v) is 14.5. The number of amides is 2. The number of benzene rings is 2. The maximum Gasteiger partial charge on any atom is 0.573 e. The Labute approximate surface area is 165 Å². The van der Waals surface area contributed by atoms with Crippen molar-refractivity contribution in [3.63, 3.8) is 0 Å². The molecule has 158 valence electrons. The maximum absolute atomic E-state index is 12.5. The maximum atomic E-state index is 12.5.